The Morgan fingerprint density at radius 1 is 1.09 bits per heavy atom. The monoisotopic (exact) mass is 383 g/mol. The van der Waals surface area contributed by atoms with Gasteiger partial charge in [-0.3, -0.25) is 4.79 Å². The Morgan fingerprint density at radius 2 is 1.74 bits per heavy atom. The van der Waals surface area contributed by atoms with Crippen molar-refractivity contribution in [3.63, 3.8) is 0 Å². The average Bonchev–Trinajstić information content (AvgIpc) is 2.51. The summed E-state index contributed by atoms with van der Waals surface area (Å²) in [5.74, 6) is -3.28. The van der Waals surface area contributed by atoms with Gasteiger partial charge in [0.05, 0.1) is 5.56 Å². The van der Waals surface area contributed by atoms with Gasteiger partial charge in [-0.2, -0.15) is 0 Å². The summed E-state index contributed by atoms with van der Waals surface area (Å²) in [4.78, 5) is 23.3. The molecule has 7 heteroatoms. The van der Waals surface area contributed by atoms with Crippen molar-refractivity contribution in [2.24, 2.45) is 0 Å². The van der Waals surface area contributed by atoms with Gasteiger partial charge in [-0.25, -0.2) is 13.6 Å². The molecular weight excluding hydrogens is 372 g/mol. The molecule has 0 heterocycles. The second kappa shape index (κ2) is 7.82. The van der Waals surface area contributed by atoms with Gasteiger partial charge in [0.1, 0.15) is 11.6 Å². The number of nitrogens with one attached hydrogen (secondary N) is 1. The van der Waals surface area contributed by atoms with Gasteiger partial charge in [0, 0.05) is 17.1 Å². The average molecular weight is 384 g/mol. The number of hydrogen-bond acceptors (Lipinski definition) is 3. The largest absolute Gasteiger partial charge is 0.452 e. The third-order valence-corrected chi connectivity index (χ3v) is 3.64. The molecule has 0 saturated heterocycles. The van der Waals surface area contributed by atoms with Crippen molar-refractivity contribution in [1.82, 2.24) is 5.32 Å². The molecule has 0 atom stereocenters. The Kier molecular flexibility index (Phi) is 5.81. The number of esters is 1. The van der Waals surface area contributed by atoms with Gasteiger partial charge in [0.25, 0.3) is 5.91 Å². The Hall–Kier alpha value is -2.28. The Balaban J connectivity index is 1.84. The molecule has 0 spiro atoms. The molecule has 0 radical (unpaired) electrons. The predicted octanol–water partition coefficient (Wildman–Crippen LogP) is 3.20. The number of carbonyl (C=O) groups is 2. The van der Waals surface area contributed by atoms with Crippen LogP contribution in [0, 0.1) is 11.6 Å². The zero-order chi connectivity index (χ0) is 16.8. The summed E-state index contributed by atoms with van der Waals surface area (Å²) in [6, 6.07) is 9.64. The van der Waals surface area contributed by atoms with Crippen molar-refractivity contribution in [3.05, 3.63) is 69.7 Å². The number of amides is 1. The summed E-state index contributed by atoms with van der Waals surface area (Å²) in [7, 11) is 0. The minimum atomic E-state index is -0.973. The molecule has 0 aliphatic rings. The molecule has 0 aliphatic heterocycles. The fraction of sp³-hybridized carbons (Fsp3) is 0.125. The quantitative estimate of drug-likeness (QED) is 0.806. The summed E-state index contributed by atoms with van der Waals surface area (Å²) in [5.41, 5.74) is 0.570. The summed E-state index contributed by atoms with van der Waals surface area (Å²) in [6.07, 6.45) is 0. The predicted molar refractivity (Wildman–Crippen MR) is 82.6 cm³/mol. The van der Waals surface area contributed by atoms with E-state index in [1.807, 2.05) is 24.3 Å². The smallest absolute Gasteiger partial charge is 0.338 e. The highest BCUT2D eigenvalue weighted by atomic mass is 79.9. The maximum Gasteiger partial charge on any atom is 0.338 e. The van der Waals surface area contributed by atoms with Crippen LogP contribution in [-0.2, 0) is 16.1 Å². The van der Waals surface area contributed by atoms with E-state index in [9.17, 15) is 18.4 Å². The van der Waals surface area contributed by atoms with Crippen molar-refractivity contribution < 1.29 is 23.1 Å². The van der Waals surface area contributed by atoms with Crippen LogP contribution in [0.3, 0.4) is 0 Å². The van der Waals surface area contributed by atoms with E-state index in [1.165, 1.54) is 0 Å². The molecule has 2 aromatic rings. The third kappa shape index (κ3) is 5.14. The normalized spacial score (nSPS) is 10.2. The number of rotatable bonds is 5. The van der Waals surface area contributed by atoms with E-state index in [-0.39, 0.29) is 12.1 Å². The van der Waals surface area contributed by atoms with E-state index < -0.39 is 30.1 Å². The van der Waals surface area contributed by atoms with Crippen molar-refractivity contribution in [3.8, 4) is 0 Å². The molecule has 23 heavy (non-hydrogen) atoms. The second-order valence-electron chi connectivity index (χ2n) is 4.60. The number of halogens is 3. The van der Waals surface area contributed by atoms with E-state index in [4.69, 9.17) is 4.74 Å². The first-order valence-electron chi connectivity index (χ1n) is 6.59. The highest BCUT2D eigenvalue weighted by Gasteiger charge is 2.13. The summed E-state index contributed by atoms with van der Waals surface area (Å²) in [5, 5.41) is 2.58. The van der Waals surface area contributed by atoms with Crippen molar-refractivity contribution in [1.29, 1.82) is 0 Å². The van der Waals surface area contributed by atoms with Gasteiger partial charge in [-0.05, 0) is 23.8 Å². The van der Waals surface area contributed by atoms with E-state index >= 15 is 0 Å². The number of benzene rings is 2. The van der Waals surface area contributed by atoms with E-state index in [0.717, 1.165) is 22.2 Å². The summed E-state index contributed by atoms with van der Waals surface area (Å²) < 4.78 is 31.6. The zero-order valence-electron chi connectivity index (χ0n) is 11.8. The summed E-state index contributed by atoms with van der Waals surface area (Å²) in [6.45, 7) is -0.284. The lowest BCUT2D eigenvalue weighted by molar-refractivity contribution is -0.124. The molecule has 0 aromatic heterocycles. The Bertz CT molecular complexity index is 717. The van der Waals surface area contributed by atoms with E-state index in [0.29, 0.717) is 6.07 Å². The first-order chi connectivity index (χ1) is 11.0. The second-order valence-corrected chi connectivity index (χ2v) is 5.46. The van der Waals surface area contributed by atoms with Gasteiger partial charge < -0.3 is 10.1 Å². The van der Waals surface area contributed by atoms with Gasteiger partial charge in [0.2, 0.25) is 0 Å². The summed E-state index contributed by atoms with van der Waals surface area (Å²) >= 11 is 3.35. The maximum atomic E-state index is 13.0. The van der Waals surface area contributed by atoms with Crippen LogP contribution in [-0.4, -0.2) is 18.5 Å². The van der Waals surface area contributed by atoms with Crippen LogP contribution in [0.4, 0.5) is 8.78 Å². The van der Waals surface area contributed by atoms with Gasteiger partial charge in [-0.1, -0.05) is 34.1 Å². The number of carbonyl (C=O) groups excluding carboxylic acids is 2. The fourth-order valence-electron chi connectivity index (χ4n) is 1.77. The number of hydrogen-bond donors (Lipinski definition) is 1. The van der Waals surface area contributed by atoms with Crippen LogP contribution in [0.2, 0.25) is 0 Å². The minimum Gasteiger partial charge on any atom is -0.452 e. The molecule has 0 fully saturated rings. The maximum absolute atomic E-state index is 13.0. The first kappa shape index (κ1) is 17.1. The van der Waals surface area contributed by atoms with Crippen LogP contribution in [0.5, 0.6) is 0 Å². The Labute approximate surface area is 139 Å². The highest BCUT2D eigenvalue weighted by Crippen LogP contribution is 2.15. The topological polar surface area (TPSA) is 55.4 Å². The standard InChI is InChI=1S/C16H12BrF2NO3/c17-14-4-2-1-3-10(14)8-20-15(21)9-23-16(22)11-5-12(18)7-13(19)6-11/h1-7H,8-9H2,(H,20,21). The van der Waals surface area contributed by atoms with Crippen LogP contribution >= 0.6 is 15.9 Å². The molecule has 1 N–H and O–H groups in total. The van der Waals surface area contributed by atoms with E-state index in [1.54, 1.807) is 0 Å². The van der Waals surface area contributed by atoms with Crippen LogP contribution in [0.25, 0.3) is 0 Å². The molecular formula is C16H12BrF2NO3. The van der Waals surface area contributed by atoms with Gasteiger partial charge in [0.15, 0.2) is 6.61 Å². The molecule has 1 amide bonds. The molecule has 0 aliphatic carbocycles. The van der Waals surface area contributed by atoms with Gasteiger partial charge in [-0.15, -0.1) is 0 Å². The Morgan fingerprint density at radius 3 is 2.39 bits per heavy atom. The molecule has 120 valence electrons. The zero-order valence-corrected chi connectivity index (χ0v) is 13.4. The number of ether oxygens (including phenoxy) is 1. The van der Waals surface area contributed by atoms with Crippen molar-refractivity contribution in [2.75, 3.05) is 6.61 Å². The van der Waals surface area contributed by atoms with Crippen LogP contribution < -0.4 is 5.32 Å². The van der Waals surface area contributed by atoms with E-state index in [2.05, 4.69) is 21.2 Å². The van der Waals surface area contributed by atoms with Crippen LogP contribution in [0.1, 0.15) is 15.9 Å². The van der Waals surface area contributed by atoms with Crippen molar-refractivity contribution in [2.45, 2.75) is 6.54 Å². The fourth-order valence-corrected chi connectivity index (χ4v) is 2.20. The molecule has 4 nitrogen and oxygen atoms in total. The molecule has 0 saturated carbocycles. The highest BCUT2D eigenvalue weighted by molar-refractivity contribution is 9.10. The molecule has 2 rings (SSSR count). The molecule has 0 unspecified atom stereocenters. The van der Waals surface area contributed by atoms with Gasteiger partial charge >= 0.3 is 5.97 Å². The third-order valence-electron chi connectivity index (χ3n) is 2.87. The van der Waals surface area contributed by atoms with Crippen LogP contribution in [0.15, 0.2) is 46.9 Å². The molecule has 0 bridgehead atoms. The SMILES string of the molecule is O=C(COC(=O)c1cc(F)cc(F)c1)NCc1ccccc1Br. The first-order valence-corrected chi connectivity index (χ1v) is 7.38. The lowest BCUT2D eigenvalue weighted by Gasteiger charge is -2.08. The lowest BCUT2D eigenvalue weighted by atomic mass is 10.2. The lowest BCUT2D eigenvalue weighted by Crippen LogP contribution is -2.28. The minimum absolute atomic E-state index is 0.256. The molecule has 2 aromatic carbocycles. The van der Waals surface area contributed by atoms with Crippen molar-refractivity contribution >= 4 is 27.8 Å².